The predicted octanol–water partition coefficient (Wildman–Crippen LogP) is 4.40. The summed E-state index contributed by atoms with van der Waals surface area (Å²) >= 11 is 0. The Kier molecular flexibility index (Phi) is 4.92. The molecule has 0 unspecified atom stereocenters. The molecule has 0 heterocycles. The fourth-order valence-electron chi connectivity index (χ4n) is 2.48. The Balaban J connectivity index is 1.72. The molecule has 3 rings (SSSR count). The van der Waals surface area contributed by atoms with E-state index in [1.807, 2.05) is 84.9 Å². The van der Waals surface area contributed by atoms with Gasteiger partial charge in [-0.05, 0) is 23.8 Å². The van der Waals surface area contributed by atoms with Gasteiger partial charge in [0, 0.05) is 18.3 Å². The standard InChI is InChI=1S/C21H19NO2/c1-22(18-12-6-3-7-13-18)21(23)16-24-20-15-9-8-14-19(20)17-10-4-2-5-11-17/h2-15H,16H2,1H3. The van der Waals surface area contributed by atoms with E-state index in [0.29, 0.717) is 5.75 Å². The van der Waals surface area contributed by atoms with Crippen LogP contribution < -0.4 is 9.64 Å². The highest BCUT2D eigenvalue weighted by atomic mass is 16.5. The molecular weight excluding hydrogens is 298 g/mol. The maximum absolute atomic E-state index is 12.4. The summed E-state index contributed by atoms with van der Waals surface area (Å²) in [5.74, 6) is 0.613. The van der Waals surface area contributed by atoms with E-state index in [4.69, 9.17) is 4.74 Å². The summed E-state index contributed by atoms with van der Waals surface area (Å²) in [5.41, 5.74) is 2.90. The molecular formula is C21H19NO2. The molecule has 24 heavy (non-hydrogen) atoms. The summed E-state index contributed by atoms with van der Waals surface area (Å²) in [6.07, 6.45) is 0. The van der Waals surface area contributed by atoms with Gasteiger partial charge in [-0.3, -0.25) is 4.79 Å². The lowest BCUT2D eigenvalue weighted by atomic mass is 10.1. The highest BCUT2D eigenvalue weighted by Crippen LogP contribution is 2.29. The minimum Gasteiger partial charge on any atom is -0.483 e. The number of anilines is 1. The number of para-hydroxylation sites is 2. The average Bonchev–Trinajstić information content (AvgIpc) is 2.67. The SMILES string of the molecule is CN(C(=O)COc1ccccc1-c1ccccc1)c1ccccc1. The van der Waals surface area contributed by atoms with Crippen LogP contribution in [0.2, 0.25) is 0 Å². The molecule has 0 bridgehead atoms. The average molecular weight is 317 g/mol. The summed E-state index contributed by atoms with van der Waals surface area (Å²) in [6, 6.07) is 27.3. The van der Waals surface area contributed by atoms with Crippen molar-refractivity contribution in [3.63, 3.8) is 0 Å². The Morgan fingerprint density at radius 2 is 1.42 bits per heavy atom. The van der Waals surface area contributed by atoms with Crippen LogP contribution >= 0.6 is 0 Å². The highest BCUT2D eigenvalue weighted by Gasteiger charge is 2.13. The fraction of sp³-hybridized carbons (Fsp3) is 0.0952. The Morgan fingerprint density at radius 1 is 0.833 bits per heavy atom. The number of rotatable bonds is 5. The van der Waals surface area contributed by atoms with E-state index in [9.17, 15) is 4.79 Å². The van der Waals surface area contributed by atoms with Gasteiger partial charge in [0.25, 0.3) is 5.91 Å². The molecule has 3 heteroatoms. The first-order valence-electron chi connectivity index (χ1n) is 7.84. The third-order valence-electron chi connectivity index (χ3n) is 3.84. The van der Waals surface area contributed by atoms with Crippen LogP contribution in [-0.4, -0.2) is 19.6 Å². The van der Waals surface area contributed by atoms with Crippen molar-refractivity contribution < 1.29 is 9.53 Å². The topological polar surface area (TPSA) is 29.5 Å². The molecule has 120 valence electrons. The lowest BCUT2D eigenvalue weighted by molar-refractivity contribution is -0.120. The molecule has 0 spiro atoms. The lowest BCUT2D eigenvalue weighted by Gasteiger charge is -2.18. The Morgan fingerprint density at radius 3 is 2.12 bits per heavy atom. The van der Waals surface area contributed by atoms with E-state index >= 15 is 0 Å². The van der Waals surface area contributed by atoms with Gasteiger partial charge in [-0.1, -0.05) is 66.7 Å². The Hall–Kier alpha value is -3.07. The molecule has 0 aliphatic heterocycles. The number of hydrogen-bond acceptors (Lipinski definition) is 2. The molecule has 0 radical (unpaired) electrons. The van der Waals surface area contributed by atoms with Gasteiger partial charge < -0.3 is 9.64 Å². The zero-order valence-electron chi connectivity index (χ0n) is 13.6. The van der Waals surface area contributed by atoms with Crippen molar-refractivity contribution >= 4 is 11.6 Å². The maximum atomic E-state index is 12.4. The molecule has 0 atom stereocenters. The van der Waals surface area contributed by atoms with Gasteiger partial charge in [0.05, 0.1) is 0 Å². The van der Waals surface area contributed by atoms with Crippen LogP contribution in [0.5, 0.6) is 5.75 Å². The van der Waals surface area contributed by atoms with Crippen LogP contribution in [0.4, 0.5) is 5.69 Å². The van der Waals surface area contributed by atoms with Crippen molar-refractivity contribution in [2.75, 3.05) is 18.6 Å². The largest absolute Gasteiger partial charge is 0.483 e. The second kappa shape index (κ2) is 7.47. The van der Waals surface area contributed by atoms with Crippen LogP contribution in [0.1, 0.15) is 0 Å². The molecule has 0 aromatic heterocycles. The zero-order chi connectivity index (χ0) is 16.8. The number of carbonyl (C=O) groups is 1. The maximum Gasteiger partial charge on any atom is 0.264 e. The van der Waals surface area contributed by atoms with Gasteiger partial charge in [-0.2, -0.15) is 0 Å². The molecule has 0 saturated carbocycles. The van der Waals surface area contributed by atoms with Crippen molar-refractivity contribution in [2.24, 2.45) is 0 Å². The fourth-order valence-corrected chi connectivity index (χ4v) is 2.48. The van der Waals surface area contributed by atoms with Crippen molar-refractivity contribution in [3.8, 4) is 16.9 Å². The summed E-state index contributed by atoms with van der Waals surface area (Å²) in [5, 5.41) is 0. The first kappa shape index (κ1) is 15.8. The van der Waals surface area contributed by atoms with E-state index in [2.05, 4.69) is 0 Å². The molecule has 0 N–H and O–H groups in total. The third kappa shape index (κ3) is 3.63. The van der Waals surface area contributed by atoms with Crippen LogP contribution in [0, 0.1) is 0 Å². The smallest absolute Gasteiger partial charge is 0.264 e. The molecule has 3 aromatic carbocycles. The molecule has 3 aromatic rings. The molecule has 1 amide bonds. The lowest BCUT2D eigenvalue weighted by Crippen LogP contribution is -2.31. The molecule has 0 saturated heterocycles. The minimum atomic E-state index is -0.0935. The molecule has 0 fully saturated rings. The van der Waals surface area contributed by atoms with E-state index in [1.165, 1.54) is 0 Å². The van der Waals surface area contributed by atoms with Gasteiger partial charge in [0.2, 0.25) is 0 Å². The number of carbonyl (C=O) groups excluding carboxylic acids is 1. The Bertz CT molecular complexity index is 800. The Labute approximate surface area is 142 Å². The number of benzene rings is 3. The quantitative estimate of drug-likeness (QED) is 0.698. The van der Waals surface area contributed by atoms with Crippen LogP contribution in [0.3, 0.4) is 0 Å². The van der Waals surface area contributed by atoms with Gasteiger partial charge in [0.15, 0.2) is 6.61 Å². The number of nitrogens with zero attached hydrogens (tertiary/aromatic N) is 1. The van der Waals surface area contributed by atoms with Crippen molar-refractivity contribution in [2.45, 2.75) is 0 Å². The van der Waals surface area contributed by atoms with Crippen molar-refractivity contribution in [3.05, 3.63) is 84.9 Å². The summed E-state index contributed by atoms with van der Waals surface area (Å²) in [4.78, 5) is 14.0. The van der Waals surface area contributed by atoms with E-state index in [-0.39, 0.29) is 12.5 Å². The first-order valence-corrected chi connectivity index (χ1v) is 7.84. The van der Waals surface area contributed by atoms with Gasteiger partial charge >= 0.3 is 0 Å². The second-order valence-corrected chi connectivity index (χ2v) is 5.44. The van der Waals surface area contributed by atoms with Gasteiger partial charge in [-0.25, -0.2) is 0 Å². The zero-order valence-corrected chi connectivity index (χ0v) is 13.6. The van der Waals surface area contributed by atoms with E-state index in [1.54, 1.807) is 11.9 Å². The number of ether oxygens (including phenoxy) is 1. The first-order chi connectivity index (χ1) is 11.8. The molecule has 0 aliphatic carbocycles. The van der Waals surface area contributed by atoms with Crippen LogP contribution in [0.25, 0.3) is 11.1 Å². The normalized spacial score (nSPS) is 10.2. The predicted molar refractivity (Wildman–Crippen MR) is 97.2 cm³/mol. The minimum absolute atomic E-state index is 0.00472. The monoisotopic (exact) mass is 317 g/mol. The third-order valence-corrected chi connectivity index (χ3v) is 3.84. The van der Waals surface area contributed by atoms with Crippen molar-refractivity contribution in [1.82, 2.24) is 0 Å². The van der Waals surface area contributed by atoms with Gasteiger partial charge in [-0.15, -0.1) is 0 Å². The summed E-state index contributed by atoms with van der Waals surface area (Å²) in [7, 11) is 1.75. The molecule has 3 nitrogen and oxygen atoms in total. The molecule has 0 aliphatic rings. The van der Waals surface area contributed by atoms with Crippen molar-refractivity contribution in [1.29, 1.82) is 0 Å². The number of amides is 1. The van der Waals surface area contributed by atoms with E-state index < -0.39 is 0 Å². The number of hydrogen-bond donors (Lipinski definition) is 0. The van der Waals surface area contributed by atoms with Crippen LogP contribution in [0.15, 0.2) is 84.9 Å². The van der Waals surface area contributed by atoms with E-state index in [0.717, 1.165) is 16.8 Å². The number of likely N-dealkylation sites (N-methyl/N-ethyl adjacent to an activating group) is 1. The summed E-state index contributed by atoms with van der Waals surface area (Å²) < 4.78 is 5.80. The highest BCUT2D eigenvalue weighted by molar-refractivity contribution is 5.94. The van der Waals surface area contributed by atoms with Crippen LogP contribution in [-0.2, 0) is 4.79 Å². The second-order valence-electron chi connectivity index (χ2n) is 5.44. The van der Waals surface area contributed by atoms with Gasteiger partial charge in [0.1, 0.15) is 5.75 Å². The summed E-state index contributed by atoms with van der Waals surface area (Å²) in [6.45, 7) is -0.00472.